The molecule has 15 heavy (non-hydrogen) atoms. The largest absolute Gasteiger partial charge is 0.492 e. The number of aliphatic hydroxyl groups excluding tert-OH is 1. The molecule has 0 bridgehead atoms. The van der Waals surface area contributed by atoms with E-state index in [4.69, 9.17) is 11.2 Å². The van der Waals surface area contributed by atoms with E-state index in [-0.39, 0.29) is 0 Å². The zero-order valence-electron chi connectivity index (χ0n) is 8.53. The van der Waals surface area contributed by atoms with E-state index in [1.54, 1.807) is 6.92 Å². The van der Waals surface area contributed by atoms with E-state index in [0.29, 0.717) is 24.3 Å². The van der Waals surface area contributed by atoms with E-state index < -0.39 is 11.9 Å². The standard InChI is InChI=1S/C12H13FO2/c1-3-4-7-15-12-8-10(13)5-6-11(12)9(2)14/h1,5-6,8-9,14H,4,7H2,2H3/t9-/m0/s1. The molecule has 1 atom stereocenters. The molecule has 1 rings (SSSR count). The summed E-state index contributed by atoms with van der Waals surface area (Å²) in [5, 5.41) is 9.41. The molecule has 1 aromatic carbocycles. The zero-order valence-corrected chi connectivity index (χ0v) is 8.53. The number of hydrogen-bond donors (Lipinski definition) is 1. The molecule has 0 heterocycles. The van der Waals surface area contributed by atoms with Crippen LogP contribution in [-0.2, 0) is 0 Å². The number of benzene rings is 1. The smallest absolute Gasteiger partial charge is 0.128 e. The van der Waals surface area contributed by atoms with Gasteiger partial charge in [-0.3, -0.25) is 0 Å². The third-order valence-electron chi connectivity index (χ3n) is 1.93. The van der Waals surface area contributed by atoms with E-state index in [0.717, 1.165) is 0 Å². The molecule has 0 aliphatic heterocycles. The van der Waals surface area contributed by atoms with Gasteiger partial charge >= 0.3 is 0 Å². The third-order valence-corrected chi connectivity index (χ3v) is 1.93. The fourth-order valence-corrected chi connectivity index (χ4v) is 1.20. The average molecular weight is 208 g/mol. The van der Waals surface area contributed by atoms with Crippen LogP contribution in [0.2, 0.25) is 0 Å². The quantitative estimate of drug-likeness (QED) is 0.607. The molecule has 0 saturated carbocycles. The van der Waals surface area contributed by atoms with Crippen LogP contribution in [0.25, 0.3) is 0 Å². The Kier molecular flexibility index (Phi) is 4.14. The van der Waals surface area contributed by atoms with Gasteiger partial charge in [-0.1, -0.05) is 0 Å². The van der Waals surface area contributed by atoms with Crippen molar-refractivity contribution in [2.45, 2.75) is 19.4 Å². The van der Waals surface area contributed by atoms with Gasteiger partial charge in [0.1, 0.15) is 11.6 Å². The minimum atomic E-state index is -0.688. The lowest BCUT2D eigenvalue weighted by molar-refractivity contribution is 0.191. The van der Waals surface area contributed by atoms with Gasteiger partial charge in [0.25, 0.3) is 0 Å². The van der Waals surface area contributed by atoms with Crippen molar-refractivity contribution in [3.8, 4) is 18.1 Å². The van der Waals surface area contributed by atoms with Crippen LogP contribution in [0.5, 0.6) is 5.75 Å². The molecule has 2 nitrogen and oxygen atoms in total. The fraction of sp³-hybridized carbons (Fsp3) is 0.333. The maximum Gasteiger partial charge on any atom is 0.128 e. The van der Waals surface area contributed by atoms with Crippen LogP contribution in [0, 0.1) is 18.2 Å². The molecule has 3 heteroatoms. The molecule has 0 radical (unpaired) electrons. The predicted molar refractivity (Wildman–Crippen MR) is 56.0 cm³/mol. The molecule has 1 N–H and O–H groups in total. The first kappa shape index (κ1) is 11.5. The summed E-state index contributed by atoms with van der Waals surface area (Å²) >= 11 is 0. The summed E-state index contributed by atoms with van der Waals surface area (Å²) in [6, 6.07) is 4.04. The van der Waals surface area contributed by atoms with Crippen LogP contribution in [-0.4, -0.2) is 11.7 Å². The van der Waals surface area contributed by atoms with Gasteiger partial charge in [0.15, 0.2) is 0 Å². The molecule has 0 unspecified atom stereocenters. The summed E-state index contributed by atoms with van der Waals surface area (Å²) < 4.78 is 18.2. The van der Waals surface area contributed by atoms with Gasteiger partial charge in [-0.15, -0.1) is 12.3 Å². The summed E-state index contributed by atoms with van der Waals surface area (Å²) in [7, 11) is 0. The van der Waals surface area contributed by atoms with Crippen LogP contribution < -0.4 is 4.74 Å². The van der Waals surface area contributed by atoms with E-state index in [9.17, 15) is 9.50 Å². The Hall–Kier alpha value is -1.53. The van der Waals surface area contributed by atoms with Crippen LogP contribution in [0.3, 0.4) is 0 Å². The maximum absolute atomic E-state index is 12.9. The molecule has 0 fully saturated rings. The second-order valence-corrected chi connectivity index (χ2v) is 3.16. The molecule has 0 aromatic heterocycles. The summed E-state index contributed by atoms with van der Waals surface area (Å²) in [6.07, 6.45) is 4.83. The van der Waals surface area contributed by atoms with Crippen molar-refractivity contribution >= 4 is 0 Å². The summed E-state index contributed by atoms with van der Waals surface area (Å²) in [6.45, 7) is 1.92. The summed E-state index contributed by atoms with van der Waals surface area (Å²) in [5.74, 6) is 2.37. The highest BCUT2D eigenvalue weighted by Crippen LogP contribution is 2.25. The summed E-state index contributed by atoms with van der Waals surface area (Å²) in [5.41, 5.74) is 0.563. The molecule has 80 valence electrons. The lowest BCUT2D eigenvalue weighted by Gasteiger charge is -2.12. The summed E-state index contributed by atoms with van der Waals surface area (Å²) in [4.78, 5) is 0. The Labute approximate surface area is 88.7 Å². The third kappa shape index (κ3) is 3.26. The highest BCUT2D eigenvalue weighted by molar-refractivity contribution is 5.35. The first-order valence-electron chi connectivity index (χ1n) is 4.69. The molecule has 0 aliphatic carbocycles. The van der Waals surface area contributed by atoms with Gasteiger partial charge < -0.3 is 9.84 Å². The van der Waals surface area contributed by atoms with Crippen molar-refractivity contribution in [1.82, 2.24) is 0 Å². The molecule has 0 spiro atoms. The van der Waals surface area contributed by atoms with E-state index in [1.165, 1.54) is 18.2 Å². The van der Waals surface area contributed by atoms with E-state index >= 15 is 0 Å². The number of ether oxygens (including phenoxy) is 1. The predicted octanol–water partition coefficient (Wildman–Crippen LogP) is 2.28. The molecular formula is C12H13FO2. The lowest BCUT2D eigenvalue weighted by Crippen LogP contribution is -2.02. The molecule has 1 aromatic rings. The van der Waals surface area contributed by atoms with Gasteiger partial charge in [0.2, 0.25) is 0 Å². The average Bonchev–Trinajstić information content (AvgIpc) is 2.18. The van der Waals surface area contributed by atoms with Crippen molar-refractivity contribution < 1.29 is 14.2 Å². The first-order chi connectivity index (χ1) is 7.15. The van der Waals surface area contributed by atoms with Gasteiger partial charge in [0.05, 0.1) is 12.7 Å². The van der Waals surface area contributed by atoms with Gasteiger partial charge in [-0.2, -0.15) is 0 Å². The minimum absolute atomic E-state index is 0.319. The number of terminal acetylenes is 1. The highest BCUT2D eigenvalue weighted by Gasteiger charge is 2.09. The normalized spacial score (nSPS) is 11.9. The van der Waals surface area contributed by atoms with Crippen LogP contribution in [0.4, 0.5) is 4.39 Å². The van der Waals surface area contributed by atoms with Crippen LogP contribution in [0.1, 0.15) is 25.0 Å². The van der Waals surface area contributed by atoms with Crippen LogP contribution in [0.15, 0.2) is 18.2 Å². The second kappa shape index (κ2) is 5.38. The Morgan fingerprint density at radius 3 is 2.93 bits per heavy atom. The number of rotatable bonds is 4. The van der Waals surface area contributed by atoms with Gasteiger partial charge in [0, 0.05) is 18.1 Å². The SMILES string of the molecule is C#CCCOc1cc(F)ccc1[C@H](C)O. The Morgan fingerprint density at radius 2 is 2.33 bits per heavy atom. The zero-order chi connectivity index (χ0) is 11.3. The van der Waals surface area contributed by atoms with E-state index in [1.807, 2.05) is 0 Å². The Balaban J connectivity index is 2.83. The number of hydrogen-bond acceptors (Lipinski definition) is 2. The number of aliphatic hydroxyl groups is 1. The van der Waals surface area contributed by atoms with Gasteiger partial charge in [-0.25, -0.2) is 4.39 Å². The molecule has 0 saturated heterocycles. The van der Waals surface area contributed by atoms with Crippen LogP contribution >= 0.6 is 0 Å². The second-order valence-electron chi connectivity index (χ2n) is 3.16. The Morgan fingerprint density at radius 1 is 1.60 bits per heavy atom. The van der Waals surface area contributed by atoms with Crippen molar-refractivity contribution in [2.75, 3.05) is 6.61 Å². The first-order valence-corrected chi connectivity index (χ1v) is 4.69. The minimum Gasteiger partial charge on any atom is -0.492 e. The Bertz CT molecular complexity index is 366. The van der Waals surface area contributed by atoms with Crippen molar-refractivity contribution in [3.63, 3.8) is 0 Å². The van der Waals surface area contributed by atoms with Crippen molar-refractivity contribution in [2.24, 2.45) is 0 Å². The highest BCUT2D eigenvalue weighted by atomic mass is 19.1. The van der Waals surface area contributed by atoms with Gasteiger partial charge in [-0.05, 0) is 19.1 Å². The number of halogens is 1. The topological polar surface area (TPSA) is 29.5 Å². The monoisotopic (exact) mass is 208 g/mol. The fourth-order valence-electron chi connectivity index (χ4n) is 1.20. The lowest BCUT2D eigenvalue weighted by atomic mass is 10.1. The van der Waals surface area contributed by atoms with Crippen molar-refractivity contribution in [3.05, 3.63) is 29.6 Å². The van der Waals surface area contributed by atoms with Crippen molar-refractivity contribution in [1.29, 1.82) is 0 Å². The molecule has 0 aliphatic rings. The maximum atomic E-state index is 12.9. The molecular weight excluding hydrogens is 195 g/mol. The molecule has 0 amide bonds. The van der Waals surface area contributed by atoms with E-state index in [2.05, 4.69) is 5.92 Å².